The molecule has 0 saturated carbocycles. The highest BCUT2D eigenvalue weighted by atomic mass is 19.1. The third-order valence-electron chi connectivity index (χ3n) is 3.75. The van der Waals surface area contributed by atoms with Gasteiger partial charge >= 0.3 is 0 Å². The second-order valence-corrected chi connectivity index (χ2v) is 5.39. The van der Waals surface area contributed by atoms with Gasteiger partial charge in [-0.05, 0) is 44.4 Å². The molecule has 0 bridgehead atoms. The molecule has 2 rings (SSSR count). The standard InChI is InChI=1S/C15H21FN2O/c1-11-6-5-9-18(10-11)12(2)15(19)17-14-8-4-3-7-13(14)16/h3-4,7-8,11-12H,5-6,9-10H2,1-2H3,(H,17,19)/t11-,12-/m0/s1. The number of hydrogen-bond donors (Lipinski definition) is 1. The van der Waals surface area contributed by atoms with Crippen LogP contribution in [0.3, 0.4) is 0 Å². The maximum Gasteiger partial charge on any atom is 0.241 e. The molecule has 4 heteroatoms. The first-order valence-electron chi connectivity index (χ1n) is 6.87. The maximum absolute atomic E-state index is 13.5. The molecule has 0 aromatic heterocycles. The fraction of sp³-hybridized carbons (Fsp3) is 0.533. The molecule has 1 heterocycles. The number of carbonyl (C=O) groups is 1. The summed E-state index contributed by atoms with van der Waals surface area (Å²) in [4.78, 5) is 14.3. The molecule has 1 amide bonds. The highest BCUT2D eigenvalue weighted by Gasteiger charge is 2.25. The zero-order valence-corrected chi connectivity index (χ0v) is 11.5. The summed E-state index contributed by atoms with van der Waals surface area (Å²) in [6, 6.07) is 6.04. The summed E-state index contributed by atoms with van der Waals surface area (Å²) in [6.45, 7) is 5.96. The molecule has 1 fully saturated rings. The van der Waals surface area contributed by atoms with Crippen molar-refractivity contribution in [2.45, 2.75) is 32.7 Å². The third-order valence-corrected chi connectivity index (χ3v) is 3.75. The molecule has 1 aliphatic rings. The number of carbonyl (C=O) groups excluding carboxylic acids is 1. The van der Waals surface area contributed by atoms with E-state index in [1.165, 1.54) is 12.5 Å². The molecule has 0 spiro atoms. The van der Waals surface area contributed by atoms with Crippen LogP contribution in [0.25, 0.3) is 0 Å². The number of halogens is 1. The highest BCUT2D eigenvalue weighted by Crippen LogP contribution is 2.19. The first-order valence-corrected chi connectivity index (χ1v) is 6.87. The first kappa shape index (κ1) is 14.0. The molecule has 3 nitrogen and oxygen atoms in total. The Morgan fingerprint density at radius 2 is 2.21 bits per heavy atom. The number of likely N-dealkylation sites (tertiary alicyclic amines) is 1. The molecular weight excluding hydrogens is 243 g/mol. The number of rotatable bonds is 3. The Bertz CT molecular complexity index is 450. The molecule has 104 valence electrons. The van der Waals surface area contributed by atoms with Crippen LogP contribution in [-0.4, -0.2) is 29.9 Å². The molecule has 1 aliphatic heterocycles. The largest absolute Gasteiger partial charge is 0.322 e. The van der Waals surface area contributed by atoms with Crippen LogP contribution in [0, 0.1) is 11.7 Å². The molecule has 1 saturated heterocycles. The van der Waals surface area contributed by atoms with Gasteiger partial charge in [0.25, 0.3) is 0 Å². The lowest BCUT2D eigenvalue weighted by molar-refractivity contribution is -0.121. The van der Waals surface area contributed by atoms with Crippen LogP contribution in [0.1, 0.15) is 26.7 Å². The zero-order valence-electron chi connectivity index (χ0n) is 11.5. The van der Waals surface area contributed by atoms with Gasteiger partial charge in [-0.1, -0.05) is 19.1 Å². The van der Waals surface area contributed by atoms with Gasteiger partial charge in [0, 0.05) is 6.54 Å². The number of amides is 1. The van der Waals surface area contributed by atoms with E-state index in [1.807, 2.05) is 6.92 Å². The zero-order chi connectivity index (χ0) is 13.8. The molecule has 1 aromatic carbocycles. The van der Waals surface area contributed by atoms with Gasteiger partial charge < -0.3 is 5.32 Å². The number of anilines is 1. The molecule has 1 aromatic rings. The van der Waals surface area contributed by atoms with Crippen molar-refractivity contribution >= 4 is 11.6 Å². The second-order valence-electron chi connectivity index (χ2n) is 5.39. The SMILES string of the molecule is C[C@H]1CCCN([C@@H](C)C(=O)Nc2ccccc2F)C1. The topological polar surface area (TPSA) is 32.3 Å². The normalized spacial score (nSPS) is 21.9. The summed E-state index contributed by atoms with van der Waals surface area (Å²) < 4.78 is 13.5. The Hall–Kier alpha value is -1.42. The van der Waals surface area contributed by atoms with Crippen LogP contribution in [0.4, 0.5) is 10.1 Å². The van der Waals surface area contributed by atoms with E-state index in [4.69, 9.17) is 0 Å². The third kappa shape index (κ3) is 3.53. The Labute approximate surface area is 113 Å². The van der Waals surface area contributed by atoms with Crippen molar-refractivity contribution in [1.29, 1.82) is 0 Å². The average molecular weight is 264 g/mol. The Morgan fingerprint density at radius 3 is 2.89 bits per heavy atom. The summed E-state index contributed by atoms with van der Waals surface area (Å²) in [6.07, 6.45) is 2.34. The van der Waals surface area contributed by atoms with Gasteiger partial charge in [-0.3, -0.25) is 9.69 Å². The molecule has 0 aliphatic carbocycles. The van der Waals surface area contributed by atoms with Gasteiger partial charge in [0.2, 0.25) is 5.91 Å². The van der Waals surface area contributed by atoms with E-state index in [1.54, 1.807) is 18.2 Å². The molecule has 0 unspecified atom stereocenters. The van der Waals surface area contributed by atoms with Crippen LogP contribution in [0.5, 0.6) is 0 Å². The number of para-hydroxylation sites is 1. The summed E-state index contributed by atoms with van der Waals surface area (Å²) in [5.74, 6) is 0.0896. The summed E-state index contributed by atoms with van der Waals surface area (Å²) in [5.41, 5.74) is 0.254. The molecular formula is C15H21FN2O. The quantitative estimate of drug-likeness (QED) is 0.910. The molecule has 1 N–H and O–H groups in total. The Balaban J connectivity index is 1.97. The number of hydrogen-bond acceptors (Lipinski definition) is 2. The van der Waals surface area contributed by atoms with Gasteiger partial charge in [-0.15, -0.1) is 0 Å². The van der Waals surface area contributed by atoms with E-state index < -0.39 is 5.82 Å². The number of nitrogens with one attached hydrogen (secondary N) is 1. The first-order chi connectivity index (χ1) is 9.08. The van der Waals surface area contributed by atoms with Crippen molar-refractivity contribution in [2.75, 3.05) is 18.4 Å². The van der Waals surface area contributed by atoms with Crippen molar-refractivity contribution in [3.63, 3.8) is 0 Å². The van der Waals surface area contributed by atoms with E-state index in [0.717, 1.165) is 19.5 Å². The predicted molar refractivity (Wildman–Crippen MR) is 74.5 cm³/mol. The van der Waals surface area contributed by atoms with Crippen molar-refractivity contribution in [2.24, 2.45) is 5.92 Å². The van der Waals surface area contributed by atoms with Crippen LogP contribution in [-0.2, 0) is 4.79 Å². The lowest BCUT2D eigenvalue weighted by atomic mass is 9.99. The minimum absolute atomic E-state index is 0.140. The summed E-state index contributed by atoms with van der Waals surface area (Å²) in [7, 11) is 0. The Kier molecular flexibility index (Phi) is 4.53. The van der Waals surface area contributed by atoms with Gasteiger partial charge in [0.15, 0.2) is 0 Å². The van der Waals surface area contributed by atoms with Gasteiger partial charge in [-0.25, -0.2) is 4.39 Å². The van der Waals surface area contributed by atoms with E-state index in [9.17, 15) is 9.18 Å². The average Bonchev–Trinajstić information content (AvgIpc) is 2.40. The Morgan fingerprint density at radius 1 is 1.47 bits per heavy atom. The predicted octanol–water partition coefficient (Wildman–Crippen LogP) is 2.88. The van der Waals surface area contributed by atoms with Crippen LogP contribution in [0.15, 0.2) is 24.3 Å². The summed E-state index contributed by atoms with van der Waals surface area (Å²) in [5, 5.41) is 2.67. The monoisotopic (exact) mass is 264 g/mol. The number of nitrogens with zero attached hydrogens (tertiary/aromatic N) is 1. The molecule has 0 radical (unpaired) electrons. The van der Waals surface area contributed by atoms with Gasteiger partial charge in [0.1, 0.15) is 5.82 Å². The van der Waals surface area contributed by atoms with Gasteiger partial charge in [-0.2, -0.15) is 0 Å². The minimum Gasteiger partial charge on any atom is -0.322 e. The molecule has 19 heavy (non-hydrogen) atoms. The lowest BCUT2D eigenvalue weighted by Gasteiger charge is -2.34. The molecule has 2 atom stereocenters. The van der Waals surface area contributed by atoms with Crippen molar-refractivity contribution in [3.05, 3.63) is 30.1 Å². The fourth-order valence-electron chi connectivity index (χ4n) is 2.54. The smallest absolute Gasteiger partial charge is 0.241 e. The minimum atomic E-state index is -0.393. The van der Waals surface area contributed by atoms with Crippen molar-refractivity contribution in [3.8, 4) is 0 Å². The van der Waals surface area contributed by atoms with Crippen molar-refractivity contribution in [1.82, 2.24) is 4.90 Å². The highest BCUT2D eigenvalue weighted by molar-refractivity contribution is 5.94. The number of benzene rings is 1. The van der Waals surface area contributed by atoms with Gasteiger partial charge in [0.05, 0.1) is 11.7 Å². The van der Waals surface area contributed by atoms with E-state index in [0.29, 0.717) is 5.92 Å². The maximum atomic E-state index is 13.5. The van der Waals surface area contributed by atoms with Crippen LogP contribution < -0.4 is 5.32 Å². The van der Waals surface area contributed by atoms with Crippen LogP contribution >= 0.6 is 0 Å². The van der Waals surface area contributed by atoms with E-state index >= 15 is 0 Å². The van der Waals surface area contributed by atoms with Crippen LogP contribution in [0.2, 0.25) is 0 Å². The van der Waals surface area contributed by atoms with E-state index in [2.05, 4.69) is 17.1 Å². The lowest BCUT2D eigenvalue weighted by Crippen LogP contribution is -2.46. The van der Waals surface area contributed by atoms with E-state index in [-0.39, 0.29) is 17.6 Å². The number of piperidine rings is 1. The fourth-order valence-corrected chi connectivity index (χ4v) is 2.54. The van der Waals surface area contributed by atoms with Crippen molar-refractivity contribution < 1.29 is 9.18 Å². The second kappa shape index (κ2) is 6.15. The summed E-state index contributed by atoms with van der Waals surface area (Å²) >= 11 is 0.